The van der Waals surface area contributed by atoms with Gasteiger partial charge in [-0.1, -0.05) is 0 Å². The predicted molar refractivity (Wildman–Crippen MR) is 59.4 cm³/mol. The predicted octanol–water partition coefficient (Wildman–Crippen LogP) is 2.91. The van der Waals surface area contributed by atoms with Crippen molar-refractivity contribution in [2.24, 2.45) is 0 Å². The maximum atomic E-state index is 11.5. The molecular formula is C7H8BrClO2S2. The number of halogens is 2. The van der Waals surface area contributed by atoms with Gasteiger partial charge >= 0.3 is 0 Å². The Morgan fingerprint density at radius 2 is 2.15 bits per heavy atom. The Bertz CT molecular complexity index is 372. The maximum absolute atomic E-state index is 11.5. The first-order valence-corrected chi connectivity index (χ1v) is 7.40. The molecule has 0 fully saturated rings. The Morgan fingerprint density at radius 1 is 1.46 bits per heavy atom. The lowest BCUT2D eigenvalue weighted by Gasteiger charge is -1.97. The van der Waals surface area contributed by atoms with Gasteiger partial charge in [0.25, 0.3) is 0 Å². The van der Waals surface area contributed by atoms with Crippen molar-refractivity contribution in [2.75, 3.05) is 11.6 Å². The molecule has 0 saturated heterocycles. The van der Waals surface area contributed by atoms with E-state index in [2.05, 4.69) is 15.9 Å². The molecule has 0 spiro atoms. The summed E-state index contributed by atoms with van der Waals surface area (Å²) in [5, 5.41) is 0. The first-order valence-electron chi connectivity index (χ1n) is 3.60. The second-order valence-corrected chi connectivity index (χ2v) is 7.60. The lowest BCUT2D eigenvalue weighted by molar-refractivity contribution is 0.597. The first-order chi connectivity index (χ1) is 6.06. The van der Waals surface area contributed by atoms with Gasteiger partial charge in [0, 0.05) is 5.88 Å². The fourth-order valence-electron chi connectivity index (χ4n) is 0.810. The van der Waals surface area contributed by atoms with Crippen molar-refractivity contribution in [3.63, 3.8) is 0 Å². The third-order valence-electron chi connectivity index (χ3n) is 1.40. The van der Waals surface area contributed by atoms with E-state index in [1.165, 1.54) is 11.3 Å². The Kier molecular flexibility index (Phi) is 4.22. The van der Waals surface area contributed by atoms with Crippen LogP contribution in [0.3, 0.4) is 0 Å². The molecule has 0 unspecified atom stereocenters. The molecule has 13 heavy (non-hydrogen) atoms. The van der Waals surface area contributed by atoms with Gasteiger partial charge in [-0.3, -0.25) is 0 Å². The molecule has 6 heteroatoms. The van der Waals surface area contributed by atoms with Gasteiger partial charge in [-0.15, -0.1) is 22.9 Å². The van der Waals surface area contributed by atoms with Crippen molar-refractivity contribution in [1.82, 2.24) is 0 Å². The minimum atomic E-state index is -3.10. The number of alkyl halides is 1. The summed E-state index contributed by atoms with van der Waals surface area (Å²) in [5.74, 6) is 0.509. The monoisotopic (exact) mass is 302 g/mol. The van der Waals surface area contributed by atoms with Gasteiger partial charge in [-0.2, -0.15) is 0 Å². The highest BCUT2D eigenvalue weighted by Crippen LogP contribution is 2.27. The zero-order valence-corrected chi connectivity index (χ0v) is 10.6. The van der Waals surface area contributed by atoms with Crippen LogP contribution in [0.2, 0.25) is 0 Å². The number of hydrogen-bond acceptors (Lipinski definition) is 3. The Morgan fingerprint density at radius 3 is 2.62 bits per heavy atom. The van der Waals surface area contributed by atoms with Crippen molar-refractivity contribution in [3.05, 3.63) is 15.9 Å². The lowest BCUT2D eigenvalue weighted by Crippen LogP contribution is -2.05. The fraction of sp³-hybridized carbons (Fsp3) is 0.429. The van der Waals surface area contributed by atoms with Crippen LogP contribution in [0.4, 0.5) is 0 Å². The maximum Gasteiger partial charge on any atom is 0.187 e. The van der Waals surface area contributed by atoms with Gasteiger partial charge in [0.1, 0.15) is 4.21 Å². The van der Waals surface area contributed by atoms with Crippen molar-refractivity contribution in [2.45, 2.75) is 10.6 Å². The summed E-state index contributed by atoms with van der Waals surface area (Å²) in [7, 11) is -3.10. The summed E-state index contributed by atoms with van der Waals surface area (Å²) in [6.45, 7) is 0. The number of hydrogen-bond donors (Lipinski definition) is 0. The van der Waals surface area contributed by atoms with Crippen LogP contribution in [-0.2, 0) is 9.84 Å². The van der Waals surface area contributed by atoms with Crippen LogP contribution >= 0.6 is 38.9 Å². The number of thiophene rings is 1. The molecule has 1 rings (SSSR count). The van der Waals surface area contributed by atoms with Crippen LogP contribution < -0.4 is 0 Å². The van der Waals surface area contributed by atoms with E-state index >= 15 is 0 Å². The van der Waals surface area contributed by atoms with Gasteiger partial charge in [0.15, 0.2) is 9.84 Å². The zero-order valence-electron chi connectivity index (χ0n) is 6.66. The average molecular weight is 304 g/mol. The van der Waals surface area contributed by atoms with Crippen molar-refractivity contribution >= 4 is 48.7 Å². The summed E-state index contributed by atoms with van der Waals surface area (Å²) in [6.07, 6.45) is 0.499. The van der Waals surface area contributed by atoms with Crippen LogP contribution in [0.25, 0.3) is 0 Å². The minimum Gasteiger partial charge on any atom is -0.223 e. The molecule has 1 heterocycles. The molecule has 0 aliphatic heterocycles. The summed E-state index contributed by atoms with van der Waals surface area (Å²) >= 11 is 9.88. The quantitative estimate of drug-likeness (QED) is 0.802. The lowest BCUT2D eigenvalue weighted by atomic mass is 10.6. The van der Waals surface area contributed by atoms with E-state index < -0.39 is 9.84 Å². The third kappa shape index (κ3) is 3.23. The van der Waals surface area contributed by atoms with Gasteiger partial charge in [0.2, 0.25) is 0 Å². The molecule has 0 atom stereocenters. The van der Waals surface area contributed by atoms with Gasteiger partial charge in [-0.25, -0.2) is 8.42 Å². The molecule has 0 bridgehead atoms. The molecule has 0 aliphatic carbocycles. The van der Waals surface area contributed by atoms with Gasteiger partial charge in [0.05, 0.1) is 9.54 Å². The van der Waals surface area contributed by atoms with Gasteiger partial charge in [-0.05, 0) is 34.5 Å². The average Bonchev–Trinajstić information content (AvgIpc) is 2.49. The van der Waals surface area contributed by atoms with E-state index in [1.807, 2.05) is 0 Å². The normalized spacial score (nSPS) is 11.8. The zero-order chi connectivity index (χ0) is 9.90. The first kappa shape index (κ1) is 11.5. The van der Waals surface area contributed by atoms with Crippen LogP contribution in [0.5, 0.6) is 0 Å². The van der Waals surface area contributed by atoms with Gasteiger partial charge < -0.3 is 0 Å². The molecule has 0 N–H and O–H groups in total. The van der Waals surface area contributed by atoms with E-state index in [1.54, 1.807) is 12.1 Å². The topological polar surface area (TPSA) is 34.1 Å². The highest BCUT2D eigenvalue weighted by atomic mass is 79.9. The molecule has 0 aromatic carbocycles. The Labute approximate surface area is 95.0 Å². The van der Waals surface area contributed by atoms with Crippen LogP contribution in [0.15, 0.2) is 20.1 Å². The smallest absolute Gasteiger partial charge is 0.187 e. The van der Waals surface area contributed by atoms with Crippen molar-refractivity contribution < 1.29 is 8.42 Å². The summed E-state index contributed by atoms with van der Waals surface area (Å²) in [4.78, 5) is 0. The second kappa shape index (κ2) is 4.77. The summed E-state index contributed by atoms with van der Waals surface area (Å²) in [6, 6.07) is 3.34. The standard InChI is InChI=1S/C7H8BrClO2S2/c8-6-2-3-7(12-6)13(10,11)5-1-4-9/h2-3H,1,4-5H2. The number of sulfone groups is 1. The van der Waals surface area contributed by atoms with E-state index in [0.29, 0.717) is 16.5 Å². The van der Waals surface area contributed by atoms with E-state index in [4.69, 9.17) is 11.6 Å². The molecule has 1 aromatic heterocycles. The summed E-state index contributed by atoms with van der Waals surface area (Å²) in [5.41, 5.74) is 0. The molecule has 2 nitrogen and oxygen atoms in total. The molecule has 0 aliphatic rings. The summed E-state index contributed by atoms with van der Waals surface area (Å²) < 4.78 is 24.3. The van der Waals surface area contributed by atoms with Crippen LogP contribution in [0.1, 0.15) is 6.42 Å². The molecule has 0 saturated carbocycles. The van der Waals surface area contributed by atoms with Crippen LogP contribution in [0, 0.1) is 0 Å². The van der Waals surface area contributed by atoms with Crippen molar-refractivity contribution in [1.29, 1.82) is 0 Å². The molecular weight excluding hydrogens is 296 g/mol. The Balaban J connectivity index is 2.82. The fourth-order valence-corrected chi connectivity index (χ4v) is 4.57. The minimum absolute atomic E-state index is 0.128. The molecule has 74 valence electrons. The molecule has 0 amide bonds. The second-order valence-electron chi connectivity index (χ2n) is 2.42. The Hall–Kier alpha value is 0.420. The van der Waals surface area contributed by atoms with E-state index in [0.717, 1.165) is 3.79 Å². The van der Waals surface area contributed by atoms with Crippen molar-refractivity contribution in [3.8, 4) is 0 Å². The SMILES string of the molecule is O=S(=O)(CCCCl)c1ccc(Br)s1. The highest BCUT2D eigenvalue weighted by Gasteiger charge is 2.15. The number of rotatable bonds is 4. The highest BCUT2D eigenvalue weighted by molar-refractivity contribution is 9.11. The van der Waals surface area contributed by atoms with Crippen LogP contribution in [-0.4, -0.2) is 20.1 Å². The van der Waals surface area contributed by atoms with E-state index in [-0.39, 0.29) is 5.75 Å². The third-order valence-corrected chi connectivity index (χ3v) is 5.67. The van der Waals surface area contributed by atoms with E-state index in [9.17, 15) is 8.42 Å². The molecule has 0 radical (unpaired) electrons. The molecule has 1 aromatic rings. The largest absolute Gasteiger partial charge is 0.223 e.